The summed E-state index contributed by atoms with van der Waals surface area (Å²) in [6.45, 7) is 0.0613. The lowest BCUT2D eigenvalue weighted by Crippen LogP contribution is -2.56. The molecule has 2 aromatic rings. The van der Waals surface area contributed by atoms with Gasteiger partial charge in [-0.1, -0.05) is 17.7 Å². The number of halogens is 4. The fourth-order valence-corrected chi connectivity index (χ4v) is 3.92. The standard InChI is InChI=1S/C15H12ClF3N2O3S/c16-11-4-5-14(20-7-11)24-12-8-21(9-12)25(22,23)13-3-1-2-10(6-13)15(17,18)19/h1-7,12H,8-9H2. The first kappa shape index (κ1) is 18.0. The number of aromatic nitrogens is 1. The molecule has 0 amide bonds. The Balaban J connectivity index is 1.68. The van der Waals surface area contributed by atoms with Crippen LogP contribution in [0.5, 0.6) is 5.88 Å². The molecule has 1 fully saturated rings. The second kappa shape index (κ2) is 6.47. The number of sulfonamides is 1. The SMILES string of the molecule is O=S(=O)(c1cccc(C(F)(F)F)c1)N1CC(Oc2ccc(Cl)cn2)C1. The molecule has 0 radical (unpaired) electrons. The normalized spacial score (nSPS) is 16.5. The number of benzene rings is 1. The predicted octanol–water partition coefficient (Wildman–Crippen LogP) is 3.21. The van der Waals surface area contributed by atoms with Crippen molar-refractivity contribution in [1.82, 2.24) is 9.29 Å². The van der Waals surface area contributed by atoms with Gasteiger partial charge < -0.3 is 4.74 Å². The molecule has 0 unspecified atom stereocenters. The molecule has 0 atom stereocenters. The molecule has 0 aliphatic carbocycles. The van der Waals surface area contributed by atoms with Crippen molar-refractivity contribution >= 4 is 21.6 Å². The van der Waals surface area contributed by atoms with Gasteiger partial charge in [0.05, 0.1) is 28.6 Å². The van der Waals surface area contributed by atoms with Gasteiger partial charge in [0.1, 0.15) is 6.10 Å². The van der Waals surface area contributed by atoms with Crippen LogP contribution in [0.1, 0.15) is 5.56 Å². The number of ether oxygens (including phenoxy) is 1. The van der Waals surface area contributed by atoms with Gasteiger partial charge in [0.15, 0.2) is 0 Å². The highest BCUT2D eigenvalue weighted by molar-refractivity contribution is 7.89. The van der Waals surface area contributed by atoms with Gasteiger partial charge in [0, 0.05) is 12.3 Å². The average molecular weight is 393 g/mol. The minimum atomic E-state index is -4.60. The summed E-state index contributed by atoms with van der Waals surface area (Å²) in [6, 6.07) is 6.80. The van der Waals surface area contributed by atoms with Crippen LogP contribution < -0.4 is 4.74 Å². The van der Waals surface area contributed by atoms with Crippen molar-refractivity contribution in [2.75, 3.05) is 13.1 Å². The van der Waals surface area contributed by atoms with Gasteiger partial charge in [-0.15, -0.1) is 0 Å². The van der Waals surface area contributed by atoms with Crippen molar-refractivity contribution in [2.45, 2.75) is 17.2 Å². The number of nitrogens with zero attached hydrogens (tertiary/aromatic N) is 2. The van der Waals surface area contributed by atoms with Crippen LogP contribution in [0, 0.1) is 0 Å². The summed E-state index contributed by atoms with van der Waals surface area (Å²) in [5.41, 5.74) is -1.01. The molecule has 1 aliphatic rings. The summed E-state index contributed by atoms with van der Waals surface area (Å²) >= 11 is 5.71. The Morgan fingerprint density at radius 1 is 1.20 bits per heavy atom. The molecule has 0 saturated carbocycles. The van der Waals surface area contributed by atoms with E-state index in [0.29, 0.717) is 17.0 Å². The Morgan fingerprint density at radius 2 is 1.92 bits per heavy atom. The molecule has 0 spiro atoms. The average Bonchev–Trinajstić information content (AvgIpc) is 2.51. The van der Waals surface area contributed by atoms with Gasteiger partial charge in [-0.25, -0.2) is 13.4 Å². The van der Waals surface area contributed by atoms with E-state index in [0.717, 1.165) is 22.5 Å². The molecular formula is C15H12ClF3N2O3S. The smallest absolute Gasteiger partial charge is 0.416 e. The van der Waals surface area contributed by atoms with Gasteiger partial charge in [0.2, 0.25) is 15.9 Å². The van der Waals surface area contributed by atoms with Gasteiger partial charge in [0.25, 0.3) is 0 Å². The molecule has 5 nitrogen and oxygen atoms in total. The van der Waals surface area contributed by atoms with Crippen molar-refractivity contribution in [3.05, 3.63) is 53.2 Å². The Kier molecular flexibility index (Phi) is 4.65. The zero-order chi connectivity index (χ0) is 18.2. The number of hydrogen-bond acceptors (Lipinski definition) is 4. The monoisotopic (exact) mass is 392 g/mol. The van der Waals surface area contributed by atoms with Crippen LogP contribution in [-0.4, -0.2) is 36.9 Å². The van der Waals surface area contributed by atoms with E-state index in [4.69, 9.17) is 16.3 Å². The minimum Gasteiger partial charge on any atom is -0.472 e. The molecule has 134 valence electrons. The van der Waals surface area contributed by atoms with E-state index < -0.39 is 32.8 Å². The summed E-state index contributed by atoms with van der Waals surface area (Å²) in [5, 5.41) is 0.440. The highest BCUT2D eigenvalue weighted by Gasteiger charge is 2.39. The maximum absolute atomic E-state index is 12.7. The van der Waals surface area contributed by atoms with Crippen molar-refractivity contribution in [2.24, 2.45) is 0 Å². The zero-order valence-electron chi connectivity index (χ0n) is 12.6. The van der Waals surface area contributed by atoms with Gasteiger partial charge in [-0.05, 0) is 24.3 Å². The first-order chi connectivity index (χ1) is 11.7. The first-order valence-electron chi connectivity index (χ1n) is 7.12. The molecule has 1 saturated heterocycles. The first-order valence-corrected chi connectivity index (χ1v) is 8.94. The Labute approximate surface area is 147 Å². The van der Waals surface area contributed by atoms with Crippen LogP contribution in [0.15, 0.2) is 47.5 Å². The van der Waals surface area contributed by atoms with E-state index in [9.17, 15) is 21.6 Å². The highest BCUT2D eigenvalue weighted by atomic mass is 35.5. The third-order valence-corrected chi connectivity index (χ3v) is 5.65. The van der Waals surface area contributed by atoms with Crippen LogP contribution in [0.25, 0.3) is 0 Å². The van der Waals surface area contributed by atoms with E-state index in [1.54, 1.807) is 12.1 Å². The summed E-state index contributed by atoms with van der Waals surface area (Å²) in [6.07, 6.45) is -3.63. The molecule has 1 aromatic carbocycles. The summed E-state index contributed by atoms with van der Waals surface area (Å²) < 4.78 is 69.6. The number of hydrogen-bond donors (Lipinski definition) is 0. The van der Waals surface area contributed by atoms with E-state index in [2.05, 4.69) is 4.98 Å². The van der Waals surface area contributed by atoms with Crippen molar-refractivity contribution in [1.29, 1.82) is 0 Å². The van der Waals surface area contributed by atoms with Crippen molar-refractivity contribution < 1.29 is 26.3 Å². The lowest BCUT2D eigenvalue weighted by molar-refractivity contribution is -0.137. The lowest BCUT2D eigenvalue weighted by Gasteiger charge is -2.37. The van der Waals surface area contributed by atoms with Gasteiger partial charge in [-0.3, -0.25) is 0 Å². The van der Waals surface area contributed by atoms with Crippen LogP contribution in [-0.2, 0) is 16.2 Å². The minimum absolute atomic E-state index is 0.0306. The molecule has 0 bridgehead atoms. The number of pyridine rings is 1. The van der Waals surface area contributed by atoms with Crippen molar-refractivity contribution in [3.63, 3.8) is 0 Å². The van der Waals surface area contributed by atoms with Crippen LogP contribution >= 0.6 is 11.6 Å². The third kappa shape index (κ3) is 3.88. The van der Waals surface area contributed by atoms with Gasteiger partial charge in [-0.2, -0.15) is 17.5 Å². The maximum atomic E-state index is 12.7. The maximum Gasteiger partial charge on any atom is 0.416 e. The predicted molar refractivity (Wildman–Crippen MR) is 83.9 cm³/mol. The summed E-state index contributed by atoms with van der Waals surface area (Å²) in [4.78, 5) is 3.54. The fraction of sp³-hybridized carbons (Fsp3) is 0.267. The molecular weight excluding hydrogens is 381 g/mol. The summed E-state index contributed by atoms with van der Waals surface area (Å²) in [5.74, 6) is 0.297. The zero-order valence-corrected chi connectivity index (χ0v) is 14.1. The Morgan fingerprint density at radius 3 is 2.52 bits per heavy atom. The van der Waals surface area contributed by atoms with Gasteiger partial charge >= 0.3 is 6.18 Å². The second-order valence-corrected chi connectivity index (χ2v) is 7.78. The molecule has 2 heterocycles. The molecule has 1 aliphatic heterocycles. The van der Waals surface area contributed by atoms with E-state index in [1.807, 2.05) is 0 Å². The molecule has 10 heteroatoms. The molecule has 1 aromatic heterocycles. The molecule has 3 rings (SSSR count). The number of rotatable bonds is 4. The van der Waals surface area contributed by atoms with Crippen LogP contribution in [0.2, 0.25) is 5.02 Å². The van der Waals surface area contributed by atoms with Crippen LogP contribution in [0.4, 0.5) is 13.2 Å². The van der Waals surface area contributed by atoms with E-state index >= 15 is 0 Å². The second-order valence-electron chi connectivity index (χ2n) is 5.40. The highest BCUT2D eigenvalue weighted by Crippen LogP contribution is 2.32. The Hall–Kier alpha value is -1.84. The van der Waals surface area contributed by atoms with Crippen LogP contribution in [0.3, 0.4) is 0 Å². The van der Waals surface area contributed by atoms with Crippen molar-refractivity contribution in [3.8, 4) is 5.88 Å². The fourth-order valence-electron chi connectivity index (χ4n) is 2.26. The van der Waals surface area contributed by atoms with E-state index in [-0.39, 0.29) is 13.1 Å². The topological polar surface area (TPSA) is 59.5 Å². The van der Waals surface area contributed by atoms with E-state index in [1.165, 1.54) is 6.20 Å². The molecule has 0 N–H and O–H groups in total. The largest absolute Gasteiger partial charge is 0.472 e. The quantitative estimate of drug-likeness (QED) is 0.801. The third-order valence-electron chi connectivity index (χ3n) is 3.60. The molecule has 25 heavy (non-hydrogen) atoms. The Bertz CT molecular complexity index is 866. The number of alkyl halides is 3. The lowest BCUT2D eigenvalue weighted by atomic mass is 10.2. The summed E-state index contributed by atoms with van der Waals surface area (Å²) in [7, 11) is -4.01.